The maximum Gasteiger partial charge on any atom is 0.253 e. The van der Waals surface area contributed by atoms with Gasteiger partial charge in [-0.2, -0.15) is 0 Å². The summed E-state index contributed by atoms with van der Waals surface area (Å²) >= 11 is 0. The van der Waals surface area contributed by atoms with Crippen molar-refractivity contribution in [1.29, 1.82) is 0 Å². The first-order valence-electron chi connectivity index (χ1n) is 7.04. The summed E-state index contributed by atoms with van der Waals surface area (Å²) in [5.41, 5.74) is 2.97. The van der Waals surface area contributed by atoms with Gasteiger partial charge in [0, 0.05) is 17.9 Å². The normalized spacial score (nSPS) is 10.9. The van der Waals surface area contributed by atoms with Crippen LogP contribution in [-0.4, -0.2) is 20.6 Å². The highest BCUT2D eigenvalue weighted by atomic mass is 16.3. The van der Waals surface area contributed by atoms with Crippen molar-refractivity contribution >= 4 is 5.91 Å². The van der Waals surface area contributed by atoms with Gasteiger partial charge in [0.15, 0.2) is 0 Å². The van der Waals surface area contributed by atoms with Crippen LogP contribution in [0.5, 0.6) is 0 Å². The second kappa shape index (κ2) is 6.54. The van der Waals surface area contributed by atoms with Crippen molar-refractivity contribution in [2.75, 3.05) is 0 Å². The van der Waals surface area contributed by atoms with Crippen molar-refractivity contribution in [3.63, 3.8) is 0 Å². The molecule has 112 valence electrons. The number of carbonyl (C=O) groups excluding carboxylic acids is 1. The Labute approximate surface area is 124 Å². The lowest BCUT2D eigenvalue weighted by molar-refractivity contribution is 0.0949. The Hall–Kier alpha value is -2.14. The molecule has 2 heterocycles. The fourth-order valence-corrected chi connectivity index (χ4v) is 2.31. The average molecular weight is 287 g/mol. The Morgan fingerprint density at radius 3 is 2.67 bits per heavy atom. The number of aliphatic hydroxyl groups excluding tert-OH is 1. The van der Waals surface area contributed by atoms with E-state index in [0.29, 0.717) is 23.8 Å². The third-order valence-corrected chi connectivity index (χ3v) is 3.44. The summed E-state index contributed by atoms with van der Waals surface area (Å²) in [6, 6.07) is 7.56. The molecule has 21 heavy (non-hydrogen) atoms. The van der Waals surface area contributed by atoms with Gasteiger partial charge in [-0.05, 0) is 39.0 Å². The van der Waals surface area contributed by atoms with E-state index in [1.165, 1.54) is 0 Å². The zero-order valence-electron chi connectivity index (χ0n) is 12.6. The van der Waals surface area contributed by atoms with Crippen LogP contribution in [-0.2, 0) is 13.2 Å². The van der Waals surface area contributed by atoms with Crippen LogP contribution >= 0.6 is 0 Å². The molecule has 5 heteroatoms. The molecule has 2 aromatic heterocycles. The van der Waals surface area contributed by atoms with Crippen LogP contribution in [0.2, 0.25) is 0 Å². The third kappa shape index (κ3) is 3.49. The molecule has 5 nitrogen and oxygen atoms in total. The lowest BCUT2D eigenvalue weighted by atomic mass is 10.2. The van der Waals surface area contributed by atoms with Crippen LogP contribution in [0.15, 0.2) is 30.5 Å². The summed E-state index contributed by atoms with van der Waals surface area (Å²) in [6.45, 7) is 6.36. The van der Waals surface area contributed by atoms with Crippen molar-refractivity contribution in [2.24, 2.45) is 0 Å². The predicted octanol–water partition coefficient (Wildman–Crippen LogP) is 2.19. The van der Waals surface area contributed by atoms with Crippen LogP contribution in [0.3, 0.4) is 0 Å². The van der Waals surface area contributed by atoms with Gasteiger partial charge in [0.25, 0.3) is 5.91 Å². The molecule has 1 amide bonds. The van der Waals surface area contributed by atoms with Gasteiger partial charge >= 0.3 is 0 Å². The molecule has 0 spiro atoms. The highest BCUT2D eigenvalue weighted by Crippen LogP contribution is 2.15. The molecule has 0 aromatic carbocycles. The summed E-state index contributed by atoms with van der Waals surface area (Å²) in [5.74, 6) is -0.108. The van der Waals surface area contributed by atoms with E-state index in [0.717, 1.165) is 11.4 Å². The molecule has 0 aliphatic rings. The standard InChI is InChI=1S/C16H21N3O2/c1-11(2)19-8-7-15(12(19)3)16(21)17-9-13-5-4-6-14(10-20)18-13/h4-8,11,20H,9-10H2,1-3H3,(H,17,21). The maximum atomic E-state index is 12.2. The fourth-order valence-electron chi connectivity index (χ4n) is 2.31. The van der Waals surface area contributed by atoms with Crippen molar-refractivity contribution in [2.45, 2.75) is 40.0 Å². The minimum Gasteiger partial charge on any atom is -0.390 e. The van der Waals surface area contributed by atoms with Gasteiger partial charge in [-0.15, -0.1) is 0 Å². The number of pyridine rings is 1. The molecule has 0 bridgehead atoms. The third-order valence-electron chi connectivity index (χ3n) is 3.44. The molecule has 0 saturated heterocycles. The lowest BCUT2D eigenvalue weighted by Gasteiger charge is -2.11. The van der Waals surface area contributed by atoms with Crippen LogP contribution in [0, 0.1) is 6.92 Å². The Balaban J connectivity index is 2.05. The van der Waals surface area contributed by atoms with E-state index < -0.39 is 0 Å². The van der Waals surface area contributed by atoms with Gasteiger partial charge in [-0.25, -0.2) is 0 Å². The fraction of sp³-hybridized carbons (Fsp3) is 0.375. The molecule has 0 aliphatic heterocycles. The number of nitrogens with zero attached hydrogens (tertiary/aromatic N) is 2. The average Bonchev–Trinajstić information content (AvgIpc) is 2.87. The molecule has 2 aromatic rings. The number of carbonyl (C=O) groups is 1. The molecule has 0 saturated carbocycles. The number of aliphatic hydroxyl groups is 1. The predicted molar refractivity (Wildman–Crippen MR) is 80.9 cm³/mol. The minimum atomic E-state index is -0.108. The minimum absolute atomic E-state index is 0.0991. The van der Waals surface area contributed by atoms with E-state index in [9.17, 15) is 4.79 Å². The van der Waals surface area contributed by atoms with Crippen molar-refractivity contribution < 1.29 is 9.90 Å². The molecule has 0 aliphatic carbocycles. The second-order valence-electron chi connectivity index (χ2n) is 5.28. The van der Waals surface area contributed by atoms with Gasteiger partial charge in [-0.3, -0.25) is 9.78 Å². The molecule has 0 unspecified atom stereocenters. The Bertz CT molecular complexity index is 632. The highest BCUT2D eigenvalue weighted by Gasteiger charge is 2.13. The van der Waals surface area contributed by atoms with Crippen LogP contribution in [0.25, 0.3) is 0 Å². The van der Waals surface area contributed by atoms with E-state index in [1.54, 1.807) is 6.07 Å². The Morgan fingerprint density at radius 2 is 2.05 bits per heavy atom. The monoisotopic (exact) mass is 287 g/mol. The number of aromatic nitrogens is 2. The van der Waals surface area contributed by atoms with Gasteiger partial charge in [0.05, 0.1) is 30.1 Å². The van der Waals surface area contributed by atoms with E-state index in [4.69, 9.17) is 5.11 Å². The van der Waals surface area contributed by atoms with Gasteiger partial charge in [-0.1, -0.05) is 6.07 Å². The van der Waals surface area contributed by atoms with Crippen LogP contribution < -0.4 is 5.32 Å². The van der Waals surface area contributed by atoms with E-state index in [2.05, 4.69) is 28.7 Å². The zero-order chi connectivity index (χ0) is 15.4. The van der Waals surface area contributed by atoms with Gasteiger partial charge < -0.3 is 15.0 Å². The Morgan fingerprint density at radius 1 is 1.33 bits per heavy atom. The smallest absolute Gasteiger partial charge is 0.253 e. The van der Waals surface area contributed by atoms with Crippen LogP contribution in [0.4, 0.5) is 0 Å². The van der Waals surface area contributed by atoms with E-state index in [1.807, 2.05) is 31.3 Å². The number of hydrogen-bond acceptors (Lipinski definition) is 3. The van der Waals surface area contributed by atoms with E-state index >= 15 is 0 Å². The first-order chi connectivity index (χ1) is 10.0. The number of amides is 1. The highest BCUT2D eigenvalue weighted by molar-refractivity contribution is 5.95. The summed E-state index contributed by atoms with van der Waals surface area (Å²) in [4.78, 5) is 16.5. The van der Waals surface area contributed by atoms with E-state index in [-0.39, 0.29) is 12.5 Å². The molecular weight excluding hydrogens is 266 g/mol. The first kappa shape index (κ1) is 15.3. The molecule has 0 atom stereocenters. The van der Waals surface area contributed by atoms with Gasteiger partial charge in [0.2, 0.25) is 0 Å². The van der Waals surface area contributed by atoms with Crippen LogP contribution in [0.1, 0.15) is 47.3 Å². The summed E-state index contributed by atoms with van der Waals surface area (Å²) in [7, 11) is 0. The quantitative estimate of drug-likeness (QED) is 0.886. The zero-order valence-corrected chi connectivity index (χ0v) is 12.6. The molecular formula is C16H21N3O2. The maximum absolute atomic E-state index is 12.2. The second-order valence-corrected chi connectivity index (χ2v) is 5.28. The lowest BCUT2D eigenvalue weighted by Crippen LogP contribution is -2.24. The topological polar surface area (TPSA) is 67.2 Å². The van der Waals surface area contributed by atoms with Crippen molar-refractivity contribution in [1.82, 2.24) is 14.9 Å². The number of rotatable bonds is 5. The van der Waals surface area contributed by atoms with Crippen molar-refractivity contribution in [3.05, 3.63) is 53.1 Å². The Kier molecular flexibility index (Phi) is 4.75. The number of nitrogens with one attached hydrogen (secondary N) is 1. The SMILES string of the molecule is Cc1c(C(=O)NCc2cccc(CO)n2)ccn1C(C)C. The summed E-state index contributed by atoms with van der Waals surface area (Å²) < 4.78 is 2.07. The summed E-state index contributed by atoms with van der Waals surface area (Å²) in [6.07, 6.45) is 1.93. The molecule has 0 fully saturated rings. The first-order valence-corrected chi connectivity index (χ1v) is 7.04. The van der Waals surface area contributed by atoms with Gasteiger partial charge in [0.1, 0.15) is 0 Å². The largest absolute Gasteiger partial charge is 0.390 e. The van der Waals surface area contributed by atoms with Crippen molar-refractivity contribution in [3.8, 4) is 0 Å². The molecule has 2 rings (SSSR count). The molecule has 0 radical (unpaired) electrons. The summed E-state index contributed by atoms with van der Waals surface area (Å²) in [5, 5.41) is 11.9. The number of hydrogen-bond donors (Lipinski definition) is 2. The molecule has 2 N–H and O–H groups in total.